The lowest BCUT2D eigenvalue weighted by Gasteiger charge is -2.16. The lowest BCUT2D eigenvalue weighted by Crippen LogP contribution is -2.14. The molecule has 2 aromatic carbocycles. The Morgan fingerprint density at radius 2 is 1.26 bits per heavy atom. The summed E-state index contributed by atoms with van der Waals surface area (Å²) in [6.07, 6.45) is 3.02. The van der Waals surface area contributed by atoms with Crippen LogP contribution in [0.3, 0.4) is 0 Å². The molecule has 0 radical (unpaired) electrons. The summed E-state index contributed by atoms with van der Waals surface area (Å²) in [7, 11) is 0. The molecular weight excluding hydrogens is 726 g/mol. The van der Waals surface area contributed by atoms with Gasteiger partial charge in [-0.15, -0.1) is 0 Å². The number of benzene rings is 2. The number of imidazole rings is 2. The molecule has 4 aromatic heterocycles. The molecule has 260 valence electrons. The minimum Gasteiger partial charge on any atom is -0.461 e. The Balaban J connectivity index is 0.000000194. The van der Waals surface area contributed by atoms with Gasteiger partial charge in [0.15, 0.2) is 11.4 Å². The van der Waals surface area contributed by atoms with Gasteiger partial charge in [-0.25, -0.2) is 29.5 Å². The van der Waals surface area contributed by atoms with Crippen LogP contribution < -0.4 is 11.5 Å². The third-order valence-corrected chi connectivity index (χ3v) is 8.72. The van der Waals surface area contributed by atoms with Crippen LogP contribution in [-0.2, 0) is 22.6 Å². The van der Waals surface area contributed by atoms with Gasteiger partial charge in [0.1, 0.15) is 0 Å². The van der Waals surface area contributed by atoms with Gasteiger partial charge < -0.3 is 20.9 Å². The van der Waals surface area contributed by atoms with Crippen molar-refractivity contribution < 1.29 is 19.1 Å². The SMILES string of the molecule is CCOC(=O)c1cn2c(-c3ccc(Cl)cc3Cl)c(CN)c(C)nc2n1.CCOC(=O)c1cnc2nc(C)c(CN)c(-c3ccc(Cl)cc3Cl)n12. The molecule has 0 aliphatic heterocycles. The topological polar surface area (TPSA) is 165 Å². The van der Waals surface area contributed by atoms with E-state index < -0.39 is 11.9 Å². The molecule has 4 heterocycles. The number of fused-ring (bicyclic) bond motifs is 2. The van der Waals surface area contributed by atoms with Gasteiger partial charge in [-0.2, -0.15) is 0 Å². The standard InChI is InChI=1S/2C17H16Cl2N4O2/c1-3-25-16(24)14-8-23-15(11-5-4-10(18)6-13(11)19)12(7-20)9(2)21-17(23)22-14;1-3-25-16(24)14-8-21-17-22-9(2)12(7-20)15(23(14)17)11-5-4-10(18)6-13(11)19/h2*4-6,8H,3,7,20H2,1-2H3. The normalized spacial score (nSPS) is 11.1. The maximum Gasteiger partial charge on any atom is 0.358 e. The molecule has 0 fully saturated rings. The van der Waals surface area contributed by atoms with Gasteiger partial charge in [0.25, 0.3) is 0 Å². The Bertz CT molecular complexity index is 2240. The van der Waals surface area contributed by atoms with Crippen LogP contribution in [0.5, 0.6) is 0 Å². The number of aryl methyl sites for hydroxylation is 2. The Hall–Kier alpha value is -4.30. The quantitative estimate of drug-likeness (QED) is 0.151. The highest BCUT2D eigenvalue weighted by Crippen LogP contribution is 2.36. The third kappa shape index (κ3) is 7.27. The molecule has 50 heavy (non-hydrogen) atoms. The fourth-order valence-corrected chi connectivity index (χ4v) is 6.39. The number of ether oxygens (including phenoxy) is 2. The number of carbonyl (C=O) groups excluding carboxylic acids is 2. The zero-order chi connectivity index (χ0) is 36.3. The fraction of sp³-hybridized carbons (Fsp3) is 0.235. The summed E-state index contributed by atoms with van der Waals surface area (Å²) >= 11 is 24.8. The fourth-order valence-electron chi connectivity index (χ4n) is 5.39. The zero-order valence-corrected chi connectivity index (χ0v) is 30.5. The third-order valence-electron chi connectivity index (χ3n) is 7.63. The molecule has 6 rings (SSSR count). The lowest BCUT2D eigenvalue weighted by molar-refractivity contribution is 0.0510. The van der Waals surface area contributed by atoms with Gasteiger partial charge in [0.05, 0.1) is 40.8 Å². The van der Waals surface area contributed by atoms with Gasteiger partial charge in [-0.3, -0.25) is 8.80 Å². The second-order valence-corrected chi connectivity index (χ2v) is 12.4. The van der Waals surface area contributed by atoms with E-state index in [9.17, 15) is 9.59 Å². The molecule has 0 saturated carbocycles. The Kier molecular flexibility index (Phi) is 11.6. The zero-order valence-electron chi connectivity index (χ0n) is 27.4. The smallest absolute Gasteiger partial charge is 0.358 e. The Labute approximate surface area is 307 Å². The summed E-state index contributed by atoms with van der Waals surface area (Å²) in [4.78, 5) is 41.7. The number of hydrogen-bond acceptors (Lipinski definition) is 10. The molecule has 0 aliphatic carbocycles. The van der Waals surface area contributed by atoms with E-state index in [0.29, 0.717) is 42.9 Å². The number of hydrogen-bond donors (Lipinski definition) is 2. The van der Waals surface area contributed by atoms with Crippen LogP contribution in [0.15, 0.2) is 48.8 Å². The summed E-state index contributed by atoms with van der Waals surface area (Å²) in [5.74, 6) is -0.249. The summed E-state index contributed by atoms with van der Waals surface area (Å²) in [5.41, 5.74) is 18.2. The predicted molar refractivity (Wildman–Crippen MR) is 194 cm³/mol. The van der Waals surface area contributed by atoms with Crippen molar-refractivity contribution in [2.75, 3.05) is 13.2 Å². The van der Waals surface area contributed by atoms with Crippen molar-refractivity contribution in [2.45, 2.75) is 40.8 Å². The van der Waals surface area contributed by atoms with Crippen LogP contribution in [0.25, 0.3) is 34.1 Å². The first kappa shape index (κ1) is 37.0. The van der Waals surface area contributed by atoms with E-state index in [0.717, 1.165) is 33.8 Å². The largest absolute Gasteiger partial charge is 0.461 e. The first-order valence-electron chi connectivity index (χ1n) is 15.3. The van der Waals surface area contributed by atoms with Crippen LogP contribution in [-0.4, -0.2) is 53.9 Å². The van der Waals surface area contributed by atoms with Gasteiger partial charge in [0.2, 0.25) is 11.6 Å². The Morgan fingerprint density at radius 1 is 0.740 bits per heavy atom. The molecule has 0 spiro atoms. The molecular formula is C34H32Cl4N8O4. The number of aromatic nitrogens is 6. The van der Waals surface area contributed by atoms with E-state index in [-0.39, 0.29) is 37.7 Å². The number of nitrogens with two attached hydrogens (primary N) is 2. The molecule has 16 heteroatoms. The van der Waals surface area contributed by atoms with E-state index in [2.05, 4.69) is 19.9 Å². The minimum absolute atomic E-state index is 0.175. The van der Waals surface area contributed by atoms with E-state index in [1.165, 1.54) is 6.20 Å². The van der Waals surface area contributed by atoms with E-state index in [1.807, 2.05) is 19.9 Å². The average molecular weight is 758 g/mol. The summed E-state index contributed by atoms with van der Waals surface area (Å²) < 4.78 is 13.5. The first-order chi connectivity index (χ1) is 23.9. The van der Waals surface area contributed by atoms with E-state index >= 15 is 0 Å². The molecule has 0 saturated heterocycles. The minimum atomic E-state index is -0.506. The van der Waals surface area contributed by atoms with E-state index in [1.54, 1.807) is 59.2 Å². The first-order valence-corrected chi connectivity index (χ1v) is 16.9. The number of esters is 2. The maximum atomic E-state index is 12.3. The molecule has 0 atom stereocenters. The van der Waals surface area contributed by atoms with Crippen molar-refractivity contribution in [3.63, 3.8) is 0 Å². The van der Waals surface area contributed by atoms with Crippen LogP contribution in [0.4, 0.5) is 0 Å². The molecule has 4 N–H and O–H groups in total. The van der Waals surface area contributed by atoms with Gasteiger partial charge in [0, 0.05) is 63.0 Å². The summed E-state index contributed by atoms with van der Waals surface area (Å²) in [5, 5.41) is 1.96. The highest BCUT2D eigenvalue weighted by Gasteiger charge is 2.23. The monoisotopic (exact) mass is 756 g/mol. The molecule has 0 aliphatic rings. The van der Waals surface area contributed by atoms with Gasteiger partial charge in [-0.1, -0.05) is 46.4 Å². The van der Waals surface area contributed by atoms with Crippen LogP contribution in [0.2, 0.25) is 20.1 Å². The van der Waals surface area contributed by atoms with Crippen molar-refractivity contribution >= 4 is 69.9 Å². The van der Waals surface area contributed by atoms with Crippen molar-refractivity contribution in [1.82, 2.24) is 28.7 Å². The summed E-state index contributed by atoms with van der Waals surface area (Å²) in [6, 6.07) is 10.4. The van der Waals surface area contributed by atoms with Crippen molar-refractivity contribution in [3.05, 3.63) is 103 Å². The summed E-state index contributed by atoms with van der Waals surface area (Å²) in [6.45, 7) is 8.17. The number of carbonyl (C=O) groups is 2. The Morgan fingerprint density at radius 3 is 1.80 bits per heavy atom. The second-order valence-electron chi connectivity index (χ2n) is 10.7. The maximum absolute atomic E-state index is 12.3. The second kappa shape index (κ2) is 15.7. The van der Waals surface area contributed by atoms with Crippen LogP contribution >= 0.6 is 46.4 Å². The number of rotatable bonds is 8. The number of nitrogens with zero attached hydrogens (tertiary/aromatic N) is 6. The van der Waals surface area contributed by atoms with E-state index in [4.69, 9.17) is 67.3 Å². The molecule has 0 amide bonds. The molecule has 0 unspecified atom stereocenters. The molecule has 0 bridgehead atoms. The van der Waals surface area contributed by atoms with Crippen molar-refractivity contribution in [1.29, 1.82) is 0 Å². The van der Waals surface area contributed by atoms with Gasteiger partial charge in [-0.05, 0) is 64.1 Å². The molecule has 6 aromatic rings. The van der Waals surface area contributed by atoms with Crippen molar-refractivity contribution in [2.24, 2.45) is 11.5 Å². The number of halogens is 4. The highest BCUT2D eigenvalue weighted by atomic mass is 35.5. The van der Waals surface area contributed by atoms with Crippen molar-refractivity contribution in [3.8, 4) is 22.5 Å². The predicted octanol–water partition coefficient (Wildman–Crippen LogP) is 7.29. The van der Waals surface area contributed by atoms with Crippen LogP contribution in [0, 0.1) is 13.8 Å². The van der Waals surface area contributed by atoms with Gasteiger partial charge >= 0.3 is 11.9 Å². The van der Waals surface area contributed by atoms with Crippen LogP contribution in [0.1, 0.15) is 57.3 Å². The average Bonchev–Trinajstić information content (AvgIpc) is 3.69. The lowest BCUT2D eigenvalue weighted by atomic mass is 10.0. The highest BCUT2D eigenvalue weighted by molar-refractivity contribution is 6.37. The molecule has 12 nitrogen and oxygen atoms in total.